The maximum atomic E-state index is 11.5. The highest BCUT2D eigenvalue weighted by atomic mass is 79.9. The van der Waals surface area contributed by atoms with Gasteiger partial charge in [0.2, 0.25) is 5.91 Å². The molecule has 0 aromatic heterocycles. The Kier molecular flexibility index (Phi) is 2.74. The molecular weight excluding hydrogens is 256 g/mol. The Labute approximate surface area is 96.2 Å². The van der Waals surface area contributed by atoms with Crippen molar-refractivity contribution in [1.29, 1.82) is 5.26 Å². The number of amides is 1. The third kappa shape index (κ3) is 2.37. The van der Waals surface area contributed by atoms with Crippen LogP contribution >= 0.6 is 15.9 Å². The van der Waals surface area contributed by atoms with Gasteiger partial charge in [-0.05, 0) is 47.0 Å². The summed E-state index contributed by atoms with van der Waals surface area (Å²) in [6, 6.07) is 7.16. The van der Waals surface area contributed by atoms with Crippen LogP contribution in [0.1, 0.15) is 18.4 Å². The Morgan fingerprint density at radius 2 is 2.27 bits per heavy atom. The molecule has 0 spiro atoms. The second-order valence-corrected chi connectivity index (χ2v) is 4.42. The Morgan fingerprint density at radius 1 is 1.53 bits per heavy atom. The Morgan fingerprint density at radius 3 is 2.80 bits per heavy atom. The highest BCUT2D eigenvalue weighted by Gasteiger charge is 2.29. The molecule has 1 aromatic carbocycles. The van der Waals surface area contributed by atoms with Crippen molar-refractivity contribution in [2.45, 2.75) is 12.8 Å². The molecule has 4 heteroatoms. The van der Waals surface area contributed by atoms with Gasteiger partial charge in [-0.15, -0.1) is 0 Å². The van der Waals surface area contributed by atoms with Crippen LogP contribution in [0.3, 0.4) is 0 Å². The van der Waals surface area contributed by atoms with Crippen LogP contribution in [0.5, 0.6) is 0 Å². The van der Waals surface area contributed by atoms with Crippen LogP contribution in [0.4, 0.5) is 5.69 Å². The molecule has 76 valence electrons. The van der Waals surface area contributed by atoms with Crippen LogP contribution in [0, 0.1) is 17.2 Å². The Hall–Kier alpha value is -1.34. The summed E-state index contributed by atoms with van der Waals surface area (Å²) < 4.78 is 0.746. The number of nitriles is 1. The van der Waals surface area contributed by atoms with E-state index in [9.17, 15) is 4.79 Å². The molecule has 2 rings (SSSR count). The lowest BCUT2D eigenvalue weighted by molar-refractivity contribution is -0.117. The van der Waals surface area contributed by atoms with E-state index in [0.29, 0.717) is 5.56 Å². The number of benzene rings is 1. The van der Waals surface area contributed by atoms with Crippen LogP contribution in [-0.4, -0.2) is 5.91 Å². The first kappa shape index (κ1) is 10.2. The summed E-state index contributed by atoms with van der Waals surface area (Å²) in [5.41, 5.74) is 1.30. The van der Waals surface area contributed by atoms with Crippen molar-refractivity contribution in [3.8, 4) is 6.07 Å². The molecule has 1 aromatic rings. The summed E-state index contributed by atoms with van der Waals surface area (Å²) in [5.74, 6) is 0.257. The quantitative estimate of drug-likeness (QED) is 0.893. The maximum absolute atomic E-state index is 11.5. The Bertz CT molecular complexity index is 446. The molecule has 1 aliphatic carbocycles. The largest absolute Gasteiger partial charge is 0.325 e. The third-order valence-corrected chi connectivity index (χ3v) is 2.96. The van der Waals surface area contributed by atoms with E-state index in [1.165, 1.54) is 0 Å². The van der Waals surface area contributed by atoms with Crippen molar-refractivity contribution >= 4 is 27.5 Å². The number of hydrogen-bond donors (Lipinski definition) is 1. The van der Waals surface area contributed by atoms with E-state index < -0.39 is 0 Å². The zero-order chi connectivity index (χ0) is 10.8. The lowest BCUT2D eigenvalue weighted by atomic mass is 10.2. The predicted octanol–water partition coefficient (Wildman–Crippen LogP) is 2.67. The molecule has 15 heavy (non-hydrogen) atoms. The molecule has 3 nitrogen and oxygen atoms in total. The monoisotopic (exact) mass is 264 g/mol. The van der Waals surface area contributed by atoms with E-state index in [4.69, 9.17) is 5.26 Å². The minimum absolute atomic E-state index is 0.0698. The summed E-state index contributed by atoms with van der Waals surface area (Å²) >= 11 is 3.32. The standard InChI is InChI=1S/C11H9BrN2O/c12-9-5-7(6-13)1-4-10(9)14-11(15)8-2-3-8/h1,4-5,8H,2-3H2,(H,14,15). The highest BCUT2D eigenvalue weighted by molar-refractivity contribution is 9.10. The normalized spacial score (nSPS) is 14.4. The van der Waals surface area contributed by atoms with Crippen LogP contribution < -0.4 is 5.32 Å². The van der Waals surface area contributed by atoms with Gasteiger partial charge in [-0.2, -0.15) is 5.26 Å². The number of carbonyl (C=O) groups excluding carboxylic acids is 1. The number of carbonyl (C=O) groups is 1. The fraction of sp³-hybridized carbons (Fsp3) is 0.273. The van der Waals surface area contributed by atoms with E-state index in [1.807, 2.05) is 6.07 Å². The van der Waals surface area contributed by atoms with Crippen molar-refractivity contribution < 1.29 is 4.79 Å². The average molecular weight is 265 g/mol. The zero-order valence-electron chi connectivity index (χ0n) is 7.96. The number of nitrogens with zero attached hydrogens (tertiary/aromatic N) is 1. The van der Waals surface area contributed by atoms with Crippen molar-refractivity contribution in [3.63, 3.8) is 0 Å². The molecule has 0 unspecified atom stereocenters. The predicted molar refractivity (Wildman–Crippen MR) is 60.2 cm³/mol. The summed E-state index contributed by atoms with van der Waals surface area (Å²) in [4.78, 5) is 11.5. The topological polar surface area (TPSA) is 52.9 Å². The van der Waals surface area contributed by atoms with Crippen LogP contribution in [0.25, 0.3) is 0 Å². The second-order valence-electron chi connectivity index (χ2n) is 3.57. The van der Waals surface area contributed by atoms with Crippen LogP contribution in [-0.2, 0) is 4.79 Å². The first-order chi connectivity index (χ1) is 7.20. The number of rotatable bonds is 2. The second kappa shape index (κ2) is 4.03. The molecule has 0 saturated heterocycles. The SMILES string of the molecule is N#Cc1ccc(NC(=O)C2CC2)c(Br)c1. The van der Waals surface area contributed by atoms with Gasteiger partial charge < -0.3 is 5.32 Å². The van der Waals surface area contributed by atoms with Crippen molar-refractivity contribution in [1.82, 2.24) is 0 Å². The first-order valence-electron chi connectivity index (χ1n) is 4.71. The first-order valence-corrected chi connectivity index (χ1v) is 5.50. The van der Waals surface area contributed by atoms with Gasteiger partial charge >= 0.3 is 0 Å². The maximum Gasteiger partial charge on any atom is 0.227 e. The van der Waals surface area contributed by atoms with Gasteiger partial charge in [0.15, 0.2) is 0 Å². The van der Waals surface area contributed by atoms with Crippen LogP contribution in [0.15, 0.2) is 22.7 Å². The van der Waals surface area contributed by atoms with Crippen molar-refractivity contribution in [3.05, 3.63) is 28.2 Å². The average Bonchev–Trinajstić information content (AvgIpc) is 3.04. The molecule has 0 aliphatic heterocycles. The lowest BCUT2D eigenvalue weighted by Crippen LogP contribution is -2.13. The molecule has 1 saturated carbocycles. The molecule has 0 atom stereocenters. The van der Waals surface area contributed by atoms with E-state index in [2.05, 4.69) is 21.2 Å². The van der Waals surface area contributed by atoms with E-state index in [-0.39, 0.29) is 11.8 Å². The van der Waals surface area contributed by atoms with E-state index in [0.717, 1.165) is 23.0 Å². The molecule has 0 radical (unpaired) electrons. The highest BCUT2D eigenvalue weighted by Crippen LogP contribution is 2.31. The summed E-state index contributed by atoms with van der Waals surface area (Å²) in [5, 5.41) is 11.5. The molecule has 1 N–H and O–H groups in total. The fourth-order valence-electron chi connectivity index (χ4n) is 1.27. The Balaban J connectivity index is 2.14. The minimum atomic E-state index is 0.0698. The molecule has 1 fully saturated rings. The van der Waals surface area contributed by atoms with Gasteiger partial charge in [-0.3, -0.25) is 4.79 Å². The molecule has 1 amide bonds. The number of hydrogen-bond acceptors (Lipinski definition) is 2. The third-order valence-electron chi connectivity index (χ3n) is 2.30. The summed E-state index contributed by atoms with van der Waals surface area (Å²) in [6.07, 6.45) is 1.97. The van der Waals surface area contributed by atoms with Gasteiger partial charge in [0.1, 0.15) is 0 Å². The molecule has 1 aliphatic rings. The lowest BCUT2D eigenvalue weighted by Gasteiger charge is -2.06. The molecule has 0 heterocycles. The fourth-order valence-corrected chi connectivity index (χ4v) is 1.74. The van der Waals surface area contributed by atoms with Crippen LogP contribution in [0.2, 0.25) is 0 Å². The summed E-state index contributed by atoms with van der Waals surface area (Å²) in [6.45, 7) is 0. The van der Waals surface area contributed by atoms with Crippen molar-refractivity contribution in [2.24, 2.45) is 5.92 Å². The number of nitrogens with one attached hydrogen (secondary N) is 1. The van der Waals surface area contributed by atoms with E-state index in [1.54, 1.807) is 18.2 Å². The van der Waals surface area contributed by atoms with Gasteiger partial charge in [0.25, 0.3) is 0 Å². The number of anilines is 1. The smallest absolute Gasteiger partial charge is 0.227 e. The minimum Gasteiger partial charge on any atom is -0.325 e. The van der Waals surface area contributed by atoms with Gasteiger partial charge in [0, 0.05) is 10.4 Å². The van der Waals surface area contributed by atoms with Gasteiger partial charge in [-0.25, -0.2) is 0 Å². The number of halogens is 1. The summed E-state index contributed by atoms with van der Waals surface area (Å²) in [7, 11) is 0. The van der Waals surface area contributed by atoms with E-state index >= 15 is 0 Å². The van der Waals surface area contributed by atoms with Gasteiger partial charge in [0.05, 0.1) is 17.3 Å². The molecular formula is C11H9BrN2O. The zero-order valence-corrected chi connectivity index (χ0v) is 9.54. The van der Waals surface area contributed by atoms with Gasteiger partial charge in [-0.1, -0.05) is 0 Å². The molecule has 0 bridgehead atoms. The van der Waals surface area contributed by atoms with Crippen molar-refractivity contribution in [2.75, 3.05) is 5.32 Å².